The van der Waals surface area contributed by atoms with Crippen molar-refractivity contribution in [1.29, 1.82) is 0 Å². The van der Waals surface area contributed by atoms with Crippen LogP contribution in [0.1, 0.15) is 27.8 Å². The van der Waals surface area contributed by atoms with Crippen LogP contribution in [-0.4, -0.2) is 29.8 Å². The molecule has 0 saturated heterocycles. The van der Waals surface area contributed by atoms with Crippen LogP contribution in [0, 0.1) is 0 Å². The molecule has 3 rings (SSSR count). The fourth-order valence-electron chi connectivity index (χ4n) is 3.35. The first-order valence-corrected chi connectivity index (χ1v) is 9.54. The van der Waals surface area contributed by atoms with E-state index in [0.717, 1.165) is 24.3 Å². The highest BCUT2D eigenvalue weighted by Gasteiger charge is 2.36. The van der Waals surface area contributed by atoms with Crippen molar-refractivity contribution in [2.45, 2.75) is 25.3 Å². The predicted molar refractivity (Wildman–Crippen MR) is 104 cm³/mol. The van der Waals surface area contributed by atoms with Crippen molar-refractivity contribution in [1.82, 2.24) is 10.2 Å². The molecule has 0 unspecified atom stereocenters. The summed E-state index contributed by atoms with van der Waals surface area (Å²) in [4.78, 5) is 25.5. The van der Waals surface area contributed by atoms with Crippen molar-refractivity contribution in [3.63, 3.8) is 0 Å². The second-order valence-electron chi connectivity index (χ2n) is 7.18. The van der Waals surface area contributed by atoms with Crippen molar-refractivity contribution >= 4 is 17.9 Å². The summed E-state index contributed by atoms with van der Waals surface area (Å²) in [7, 11) is 0. The number of nitrogens with one attached hydrogen (secondary N) is 1. The van der Waals surface area contributed by atoms with E-state index < -0.39 is 41.8 Å². The third-order valence-corrected chi connectivity index (χ3v) is 5.01. The number of hydrogen-bond acceptors (Lipinski definition) is 2. The Bertz CT molecular complexity index is 1030. The van der Waals surface area contributed by atoms with E-state index in [9.17, 15) is 35.9 Å². The minimum atomic E-state index is -4.53. The van der Waals surface area contributed by atoms with E-state index in [4.69, 9.17) is 0 Å². The van der Waals surface area contributed by atoms with Gasteiger partial charge in [0.2, 0.25) is 11.8 Å². The number of hydrogen-bond donors (Lipinski definition) is 1. The van der Waals surface area contributed by atoms with Gasteiger partial charge in [0, 0.05) is 19.2 Å². The minimum absolute atomic E-state index is 0.0492. The summed E-state index contributed by atoms with van der Waals surface area (Å²) < 4.78 is 77.4. The first-order chi connectivity index (χ1) is 14.9. The number of fused-ring (bicyclic) bond motifs is 1. The number of benzene rings is 2. The quantitative estimate of drug-likeness (QED) is 0.547. The third kappa shape index (κ3) is 5.68. The van der Waals surface area contributed by atoms with Crippen molar-refractivity contribution in [2.24, 2.45) is 0 Å². The lowest BCUT2D eigenvalue weighted by molar-refractivity contribution is -0.140. The molecule has 10 heteroatoms. The fraction of sp³-hybridized carbons (Fsp3) is 0.273. The van der Waals surface area contributed by atoms with Crippen LogP contribution in [0.25, 0.3) is 6.08 Å². The summed E-state index contributed by atoms with van der Waals surface area (Å²) in [5, 5.41) is 2.34. The largest absolute Gasteiger partial charge is 0.416 e. The number of amides is 2. The van der Waals surface area contributed by atoms with Gasteiger partial charge in [0.05, 0.1) is 17.7 Å². The molecule has 1 N–H and O–H groups in total. The molecule has 170 valence electrons. The molecule has 2 amide bonds. The zero-order chi connectivity index (χ0) is 23.5. The molecular formula is C22H18F6N2O2. The number of carbonyl (C=O) groups is 2. The molecule has 2 aromatic rings. The van der Waals surface area contributed by atoms with Crippen LogP contribution in [0.3, 0.4) is 0 Å². The number of nitrogens with zero attached hydrogens (tertiary/aromatic N) is 1. The summed E-state index contributed by atoms with van der Waals surface area (Å²) in [6.07, 6.45) is -6.38. The number of carbonyl (C=O) groups excluding carboxylic acids is 2. The summed E-state index contributed by atoms with van der Waals surface area (Å²) in [6.45, 7) is -0.398. The maximum absolute atomic E-state index is 13.2. The van der Waals surface area contributed by atoms with Gasteiger partial charge in [-0.25, -0.2) is 0 Å². The highest BCUT2D eigenvalue weighted by molar-refractivity contribution is 5.94. The average molecular weight is 456 g/mol. The summed E-state index contributed by atoms with van der Waals surface area (Å²) in [5.74, 6) is -1.20. The lowest BCUT2D eigenvalue weighted by Crippen LogP contribution is -2.42. The number of rotatable bonds is 4. The van der Waals surface area contributed by atoms with Crippen LogP contribution < -0.4 is 5.32 Å². The highest BCUT2D eigenvalue weighted by Crippen LogP contribution is 2.35. The zero-order valence-electron chi connectivity index (χ0n) is 16.6. The van der Waals surface area contributed by atoms with E-state index in [-0.39, 0.29) is 25.1 Å². The normalized spacial score (nSPS) is 14.4. The molecular weight excluding hydrogens is 438 g/mol. The van der Waals surface area contributed by atoms with Gasteiger partial charge in [-0.15, -0.1) is 0 Å². The Morgan fingerprint density at radius 2 is 1.66 bits per heavy atom. The van der Waals surface area contributed by atoms with Crippen molar-refractivity contribution < 1.29 is 35.9 Å². The maximum atomic E-state index is 13.2. The van der Waals surface area contributed by atoms with Crippen LogP contribution in [0.4, 0.5) is 26.3 Å². The molecule has 0 aliphatic carbocycles. The molecule has 1 aliphatic heterocycles. The van der Waals surface area contributed by atoms with Gasteiger partial charge in [-0.2, -0.15) is 26.3 Å². The Balaban J connectivity index is 1.56. The SMILES string of the molecule is O=C(/C=C/c1ccc(C(F)(F)F)cc1)NCC(=O)N1CCc2cccc(C(F)(F)F)c2C1. The smallest absolute Gasteiger partial charge is 0.343 e. The van der Waals surface area contributed by atoms with E-state index in [1.165, 1.54) is 29.2 Å². The van der Waals surface area contributed by atoms with Crippen LogP contribution in [0.2, 0.25) is 0 Å². The Kier molecular flexibility index (Phi) is 6.61. The van der Waals surface area contributed by atoms with Crippen LogP contribution >= 0.6 is 0 Å². The lowest BCUT2D eigenvalue weighted by Gasteiger charge is -2.30. The van der Waals surface area contributed by atoms with Crippen molar-refractivity contribution in [2.75, 3.05) is 13.1 Å². The number of alkyl halides is 6. The molecule has 0 spiro atoms. The Labute approximate surface area is 179 Å². The Morgan fingerprint density at radius 3 is 2.28 bits per heavy atom. The van der Waals surface area contributed by atoms with Gasteiger partial charge >= 0.3 is 12.4 Å². The standard InChI is InChI=1S/C22H18F6N2O2/c23-21(24,25)16-7-4-14(5-8-16)6-9-19(31)29-12-20(32)30-11-10-15-2-1-3-18(17(15)13-30)22(26,27)28/h1-9H,10-13H2,(H,29,31)/b9-6+. The molecule has 0 atom stereocenters. The molecule has 32 heavy (non-hydrogen) atoms. The van der Waals surface area contributed by atoms with E-state index >= 15 is 0 Å². The van der Waals surface area contributed by atoms with Gasteiger partial charge in [-0.1, -0.05) is 24.3 Å². The molecule has 1 aliphatic rings. The van der Waals surface area contributed by atoms with Crippen molar-refractivity contribution in [3.8, 4) is 0 Å². The average Bonchev–Trinajstić information content (AvgIpc) is 2.74. The van der Waals surface area contributed by atoms with Crippen molar-refractivity contribution in [3.05, 3.63) is 76.4 Å². The topological polar surface area (TPSA) is 49.4 Å². The zero-order valence-corrected chi connectivity index (χ0v) is 16.6. The first kappa shape index (κ1) is 23.4. The van der Waals surface area contributed by atoms with Crippen LogP contribution in [0.15, 0.2) is 48.5 Å². The Hall–Kier alpha value is -3.30. The summed E-state index contributed by atoms with van der Waals surface area (Å²) >= 11 is 0. The van der Waals surface area contributed by atoms with Gasteiger partial charge in [0.25, 0.3) is 0 Å². The van der Waals surface area contributed by atoms with Crippen LogP contribution in [-0.2, 0) is 34.9 Å². The monoisotopic (exact) mass is 456 g/mol. The molecule has 0 aromatic heterocycles. The van der Waals surface area contributed by atoms with E-state index in [1.54, 1.807) is 6.07 Å². The molecule has 0 bridgehead atoms. The van der Waals surface area contributed by atoms with Gasteiger partial charge in [-0.3, -0.25) is 9.59 Å². The molecule has 0 saturated carbocycles. The summed E-state index contributed by atoms with van der Waals surface area (Å²) in [6, 6.07) is 8.06. The van der Waals surface area contributed by atoms with E-state index in [1.807, 2.05) is 0 Å². The maximum Gasteiger partial charge on any atom is 0.416 e. The highest BCUT2D eigenvalue weighted by atomic mass is 19.4. The Morgan fingerprint density at radius 1 is 0.969 bits per heavy atom. The molecule has 0 radical (unpaired) electrons. The molecule has 1 heterocycles. The van der Waals surface area contributed by atoms with Gasteiger partial charge in [0.1, 0.15) is 0 Å². The third-order valence-electron chi connectivity index (χ3n) is 5.01. The fourth-order valence-corrected chi connectivity index (χ4v) is 3.35. The number of halogens is 6. The minimum Gasteiger partial charge on any atom is -0.343 e. The lowest BCUT2D eigenvalue weighted by atomic mass is 9.94. The summed E-state index contributed by atoms with van der Waals surface area (Å²) in [5.41, 5.74) is -0.662. The first-order valence-electron chi connectivity index (χ1n) is 9.54. The van der Waals surface area contributed by atoms with E-state index in [2.05, 4.69) is 5.32 Å². The second-order valence-corrected chi connectivity index (χ2v) is 7.18. The molecule has 2 aromatic carbocycles. The second kappa shape index (κ2) is 9.05. The van der Waals surface area contributed by atoms with Gasteiger partial charge < -0.3 is 10.2 Å². The van der Waals surface area contributed by atoms with Crippen LogP contribution in [0.5, 0.6) is 0 Å². The molecule has 0 fully saturated rings. The molecule has 4 nitrogen and oxygen atoms in total. The van der Waals surface area contributed by atoms with E-state index in [0.29, 0.717) is 11.1 Å². The van der Waals surface area contributed by atoms with Gasteiger partial charge in [-0.05, 0) is 47.4 Å². The predicted octanol–water partition coefficient (Wildman–Crippen LogP) is 4.44. The van der Waals surface area contributed by atoms with Gasteiger partial charge in [0.15, 0.2) is 0 Å².